The molecule has 33 heavy (non-hydrogen) atoms. The molecule has 1 aliphatic rings. The number of urea groups is 1. The molecule has 9 heteroatoms. The predicted molar refractivity (Wildman–Crippen MR) is 124 cm³/mol. The van der Waals surface area contributed by atoms with Gasteiger partial charge < -0.3 is 20.1 Å². The lowest BCUT2D eigenvalue weighted by Crippen LogP contribution is -2.38. The molecule has 1 fully saturated rings. The van der Waals surface area contributed by atoms with E-state index in [1.165, 1.54) is 6.33 Å². The zero-order valence-electron chi connectivity index (χ0n) is 18.7. The summed E-state index contributed by atoms with van der Waals surface area (Å²) in [5.41, 5.74) is 3.12. The van der Waals surface area contributed by atoms with E-state index in [9.17, 15) is 4.79 Å². The van der Waals surface area contributed by atoms with Gasteiger partial charge in [-0.1, -0.05) is 36.4 Å². The zero-order valence-corrected chi connectivity index (χ0v) is 18.7. The van der Waals surface area contributed by atoms with Crippen molar-refractivity contribution in [2.75, 3.05) is 39.5 Å². The van der Waals surface area contributed by atoms with Gasteiger partial charge in [0, 0.05) is 32.7 Å². The molecule has 1 aromatic heterocycles. The van der Waals surface area contributed by atoms with Gasteiger partial charge in [0.1, 0.15) is 25.0 Å². The van der Waals surface area contributed by atoms with Crippen molar-refractivity contribution >= 4 is 6.03 Å². The summed E-state index contributed by atoms with van der Waals surface area (Å²) in [5, 5.41) is 9.99. The fraction of sp³-hybridized carbons (Fsp3) is 0.375. The van der Waals surface area contributed by atoms with Crippen LogP contribution in [-0.4, -0.2) is 65.2 Å². The van der Waals surface area contributed by atoms with Gasteiger partial charge in [-0.25, -0.2) is 14.5 Å². The molecule has 2 N–H and O–H groups in total. The quantitative estimate of drug-likeness (QED) is 0.491. The normalized spacial score (nSPS) is 14.1. The average molecular weight is 451 g/mol. The van der Waals surface area contributed by atoms with E-state index in [-0.39, 0.29) is 6.03 Å². The highest BCUT2D eigenvalue weighted by atomic mass is 16.5. The number of nitrogens with zero attached hydrogens (tertiary/aromatic N) is 4. The Hall–Kier alpha value is -3.43. The van der Waals surface area contributed by atoms with E-state index < -0.39 is 0 Å². The van der Waals surface area contributed by atoms with Crippen molar-refractivity contribution in [1.29, 1.82) is 0 Å². The highest BCUT2D eigenvalue weighted by molar-refractivity contribution is 5.73. The highest BCUT2D eigenvalue weighted by Crippen LogP contribution is 2.14. The molecule has 2 aromatic carbocycles. The fourth-order valence-electron chi connectivity index (χ4n) is 3.66. The largest absolute Gasteiger partial charge is 0.492 e. The molecule has 0 aliphatic carbocycles. The Morgan fingerprint density at radius 1 is 1.03 bits per heavy atom. The lowest BCUT2D eigenvalue weighted by molar-refractivity contribution is 0.0322. The third-order valence-corrected chi connectivity index (χ3v) is 5.49. The first-order valence-electron chi connectivity index (χ1n) is 11.2. The maximum atomic E-state index is 12.4. The maximum absolute atomic E-state index is 12.4. The van der Waals surface area contributed by atoms with Gasteiger partial charge in [-0.2, -0.15) is 5.10 Å². The monoisotopic (exact) mass is 450 g/mol. The van der Waals surface area contributed by atoms with E-state index in [0.717, 1.165) is 55.3 Å². The number of amides is 2. The number of ether oxygens (including phenoxy) is 2. The van der Waals surface area contributed by atoms with Crippen LogP contribution in [0.4, 0.5) is 4.79 Å². The Balaban J connectivity index is 1.20. The number of benzene rings is 2. The molecular formula is C24H30N6O3. The molecule has 0 spiro atoms. The van der Waals surface area contributed by atoms with Crippen LogP contribution in [-0.2, 0) is 24.4 Å². The Morgan fingerprint density at radius 3 is 2.67 bits per heavy atom. The summed E-state index contributed by atoms with van der Waals surface area (Å²) in [6, 6.07) is 15.6. The van der Waals surface area contributed by atoms with Gasteiger partial charge >= 0.3 is 6.03 Å². The minimum Gasteiger partial charge on any atom is -0.492 e. The predicted octanol–water partition coefficient (Wildman–Crippen LogP) is 2.04. The van der Waals surface area contributed by atoms with Crippen molar-refractivity contribution in [3.05, 3.63) is 77.9 Å². The number of rotatable bonds is 10. The average Bonchev–Trinajstić information content (AvgIpc) is 3.36. The number of aromatic nitrogens is 3. The summed E-state index contributed by atoms with van der Waals surface area (Å²) in [4.78, 5) is 18.7. The summed E-state index contributed by atoms with van der Waals surface area (Å²) in [6.45, 7) is 6.46. The first kappa shape index (κ1) is 22.8. The van der Waals surface area contributed by atoms with Crippen molar-refractivity contribution < 1.29 is 14.3 Å². The zero-order chi connectivity index (χ0) is 22.7. The lowest BCUT2D eigenvalue weighted by Gasteiger charge is -2.26. The Kier molecular flexibility index (Phi) is 8.26. The number of nitrogens with one attached hydrogen (secondary N) is 2. The van der Waals surface area contributed by atoms with Crippen molar-refractivity contribution in [3.8, 4) is 5.75 Å². The highest BCUT2D eigenvalue weighted by Gasteiger charge is 2.10. The second-order valence-electron chi connectivity index (χ2n) is 7.85. The Bertz CT molecular complexity index is 1000. The molecular weight excluding hydrogens is 420 g/mol. The second kappa shape index (κ2) is 12.0. The topological polar surface area (TPSA) is 93.5 Å². The van der Waals surface area contributed by atoms with Gasteiger partial charge in [0.2, 0.25) is 0 Å². The number of carbonyl (C=O) groups excluding carboxylic acids is 1. The standard InChI is InChI=1S/C24H30N6O3/c31-24(27-16-21-5-1-2-6-22(21)17-30-19-25-18-28-30)26-15-20-4-3-7-23(14-20)33-13-10-29-8-11-32-12-9-29/h1-7,14,18-19H,8-13,15-17H2,(H2,26,27,31). The van der Waals surface area contributed by atoms with Crippen LogP contribution in [0.1, 0.15) is 16.7 Å². The summed E-state index contributed by atoms with van der Waals surface area (Å²) in [5.74, 6) is 0.810. The van der Waals surface area contributed by atoms with Gasteiger partial charge in [-0.15, -0.1) is 0 Å². The molecule has 0 saturated carbocycles. The Labute approximate surface area is 193 Å². The first-order chi connectivity index (χ1) is 16.3. The Morgan fingerprint density at radius 2 is 1.85 bits per heavy atom. The van der Waals surface area contributed by atoms with Crippen LogP contribution in [0.15, 0.2) is 61.2 Å². The number of hydrogen-bond acceptors (Lipinski definition) is 6. The second-order valence-corrected chi connectivity index (χ2v) is 7.85. The van der Waals surface area contributed by atoms with Crippen LogP contribution in [0.2, 0.25) is 0 Å². The molecule has 2 heterocycles. The van der Waals surface area contributed by atoms with E-state index >= 15 is 0 Å². The van der Waals surface area contributed by atoms with Crippen LogP contribution < -0.4 is 15.4 Å². The fourth-order valence-corrected chi connectivity index (χ4v) is 3.66. The van der Waals surface area contributed by atoms with Crippen molar-refractivity contribution in [3.63, 3.8) is 0 Å². The summed E-state index contributed by atoms with van der Waals surface area (Å²) in [7, 11) is 0. The van der Waals surface area contributed by atoms with Crippen molar-refractivity contribution in [2.24, 2.45) is 0 Å². The number of carbonyl (C=O) groups is 1. The van der Waals surface area contributed by atoms with Gasteiger partial charge in [0.05, 0.1) is 19.8 Å². The lowest BCUT2D eigenvalue weighted by atomic mass is 10.1. The molecule has 2 amide bonds. The molecule has 0 atom stereocenters. The van der Waals surface area contributed by atoms with Crippen molar-refractivity contribution in [1.82, 2.24) is 30.3 Å². The molecule has 3 aromatic rings. The van der Waals surface area contributed by atoms with E-state index in [0.29, 0.717) is 26.2 Å². The van der Waals surface area contributed by atoms with Gasteiger partial charge in [-0.05, 0) is 28.8 Å². The third kappa shape index (κ3) is 7.30. The molecule has 1 saturated heterocycles. The molecule has 4 rings (SSSR count). The summed E-state index contributed by atoms with van der Waals surface area (Å²) < 4.78 is 13.0. The smallest absolute Gasteiger partial charge is 0.315 e. The summed E-state index contributed by atoms with van der Waals surface area (Å²) >= 11 is 0. The molecule has 0 unspecified atom stereocenters. The molecule has 9 nitrogen and oxygen atoms in total. The van der Waals surface area contributed by atoms with Crippen molar-refractivity contribution in [2.45, 2.75) is 19.6 Å². The van der Waals surface area contributed by atoms with Crippen LogP contribution >= 0.6 is 0 Å². The number of hydrogen-bond donors (Lipinski definition) is 2. The molecule has 0 bridgehead atoms. The number of morpholine rings is 1. The molecule has 174 valence electrons. The van der Waals surface area contributed by atoms with E-state index in [4.69, 9.17) is 9.47 Å². The van der Waals surface area contributed by atoms with Crippen LogP contribution in [0.3, 0.4) is 0 Å². The summed E-state index contributed by atoms with van der Waals surface area (Å²) in [6.07, 6.45) is 3.19. The minimum atomic E-state index is -0.218. The maximum Gasteiger partial charge on any atom is 0.315 e. The van der Waals surface area contributed by atoms with Gasteiger partial charge in [0.15, 0.2) is 0 Å². The molecule has 0 radical (unpaired) electrons. The van der Waals surface area contributed by atoms with Crippen LogP contribution in [0.5, 0.6) is 5.75 Å². The van der Waals surface area contributed by atoms with Gasteiger partial charge in [-0.3, -0.25) is 4.90 Å². The van der Waals surface area contributed by atoms with Crippen LogP contribution in [0.25, 0.3) is 0 Å². The minimum absolute atomic E-state index is 0.218. The van der Waals surface area contributed by atoms with E-state index in [1.807, 2.05) is 48.5 Å². The first-order valence-corrected chi connectivity index (χ1v) is 11.2. The molecule has 1 aliphatic heterocycles. The van der Waals surface area contributed by atoms with Gasteiger partial charge in [0.25, 0.3) is 0 Å². The third-order valence-electron chi connectivity index (χ3n) is 5.49. The van der Waals surface area contributed by atoms with E-state index in [1.54, 1.807) is 11.0 Å². The van der Waals surface area contributed by atoms with Crippen LogP contribution in [0, 0.1) is 0 Å². The SMILES string of the molecule is O=C(NCc1cccc(OCCN2CCOCC2)c1)NCc1ccccc1Cn1cncn1. The van der Waals surface area contributed by atoms with E-state index in [2.05, 4.69) is 25.6 Å².